The second kappa shape index (κ2) is 4.94. The van der Waals surface area contributed by atoms with Gasteiger partial charge in [-0.25, -0.2) is 9.48 Å². The second-order valence-electron chi connectivity index (χ2n) is 4.26. The Morgan fingerprint density at radius 2 is 1.95 bits per heavy atom. The first-order valence-electron chi connectivity index (χ1n) is 5.91. The maximum absolute atomic E-state index is 12.1. The van der Waals surface area contributed by atoms with E-state index in [4.69, 9.17) is 16.3 Å². The number of aryl methyl sites for hydroxylation is 1. The fourth-order valence-electron chi connectivity index (χ4n) is 1.83. The third-order valence-corrected chi connectivity index (χ3v) is 3.12. The molecule has 1 aromatic heterocycles. The summed E-state index contributed by atoms with van der Waals surface area (Å²) in [4.78, 5) is 12.1. The Morgan fingerprint density at radius 3 is 2.70 bits per heavy atom. The molecule has 0 unspecified atom stereocenters. The number of carbonyl (C=O) groups excluding carboxylic acids is 1. The highest BCUT2D eigenvalue weighted by molar-refractivity contribution is 6.30. The molecule has 0 aliphatic rings. The molecule has 6 heteroatoms. The van der Waals surface area contributed by atoms with Crippen LogP contribution in [0.15, 0.2) is 42.5 Å². The summed E-state index contributed by atoms with van der Waals surface area (Å²) in [5.74, 6) is 0.0121. The first-order valence-corrected chi connectivity index (χ1v) is 6.28. The van der Waals surface area contributed by atoms with Crippen molar-refractivity contribution in [2.24, 2.45) is 7.05 Å². The lowest BCUT2D eigenvalue weighted by molar-refractivity contribution is 0.0735. The lowest BCUT2D eigenvalue weighted by atomic mass is 10.2. The third kappa shape index (κ3) is 2.35. The molecule has 0 radical (unpaired) electrons. The number of rotatable bonds is 2. The van der Waals surface area contributed by atoms with Crippen LogP contribution in [0.1, 0.15) is 10.4 Å². The molecule has 3 rings (SSSR count). The van der Waals surface area contributed by atoms with Crippen molar-refractivity contribution in [2.75, 3.05) is 0 Å². The molecular weight excluding hydrogens is 278 g/mol. The topological polar surface area (TPSA) is 57.0 Å². The van der Waals surface area contributed by atoms with Crippen LogP contribution < -0.4 is 4.74 Å². The Bertz CT molecular complexity index is 781. The molecule has 0 atom stereocenters. The van der Waals surface area contributed by atoms with Crippen molar-refractivity contribution in [3.05, 3.63) is 53.1 Å². The lowest BCUT2D eigenvalue weighted by Crippen LogP contribution is -2.08. The molecule has 1 heterocycles. The minimum Gasteiger partial charge on any atom is -0.423 e. The molecule has 0 amide bonds. The average Bonchev–Trinajstić information content (AvgIpc) is 2.82. The number of carbonyl (C=O) groups is 1. The largest absolute Gasteiger partial charge is 0.423 e. The van der Waals surface area contributed by atoms with Gasteiger partial charge in [0.15, 0.2) is 0 Å². The van der Waals surface area contributed by atoms with Gasteiger partial charge in [-0.3, -0.25) is 0 Å². The van der Waals surface area contributed by atoms with Crippen LogP contribution in [-0.4, -0.2) is 21.0 Å². The number of nitrogens with zero attached hydrogens (tertiary/aromatic N) is 3. The normalized spacial score (nSPS) is 10.7. The van der Waals surface area contributed by atoms with Gasteiger partial charge in [-0.2, -0.15) is 0 Å². The molecule has 100 valence electrons. The molecule has 0 aliphatic heterocycles. The Balaban J connectivity index is 1.88. The van der Waals surface area contributed by atoms with Crippen LogP contribution in [0, 0.1) is 0 Å². The Hall–Kier alpha value is -2.40. The number of esters is 1. The molecule has 0 saturated carbocycles. The minimum absolute atomic E-state index is 0.435. The first kappa shape index (κ1) is 12.6. The highest BCUT2D eigenvalue weighted by Gasteiger charge is 2.11. The van der Waals surface area contributed by atoms with Gasteiger partial charge >= 0.3 is 5.97 Å². The SMILES string of the molecule is Cn1nnc2ccc(C(=O)Oc3ccc(Cl)cc3)cc21. The summed E-state index contributed by atoms with van der Waals surface area (Å²) in [5, 5.41) is 8.44. The van der Waals surface area contributed by atoms with Crippen LogP contribution in [0.2, 0.25) is 5.02 Å². The number of aromatic nitrogens is 3. The molecule has 0 spiro atoms. The summed E-state index contributed by atoms with van der Waals surface area (Å²) >= 11 is 5.78. The molecule has 20 heavy (non-hydrogen) atoms. The Morgan fingerprint density at radius 1 is 1.20 bits per heavy atom. The van der Waals surface area contributed by atoms with Crippen molar-refractivity contribution < 1.29 is 9.53 Å². The molecule has 0 saturated heterocycles. The number of fused-ring (bicyclic) bond motifs is 1. The van der Waals surface area contributed by atoms with Crippen molar-refractivity contribution in [1.29, 1.82) is 0 Å². The molecular formula is C14H10ClN3O2. The van der Waals surface area contributed by atoms with E-state index in [0.717, 1.165) is 11.0 Å². The summed E-state index contributed by atoms with van der Waals surface area (Å²) in [7, 11) is 1.77. The Kier molecular flexibility index (Phi) is 3.12. The molecule has 2 aromatic carbocycles. The van der Waals surface area contributed by atoms with Gasteiger partial charge < -0.3 is 4.74 Å². The van der Waals surface area contributed by atoms with Crippen LogP contribution in [0.3, 0.4) is 0 Å². The monoisotopic (exact) mass is 287 g/mol. The summed E-state index contributed by atoms with van der Waals surface area (Å²) in [6.45, 7) is 0. The van der Waals surface area contributed by atoms with Gasteiger partial charge in [0.1, 0.15) is 11.3 Å². The second-order valence-corrected chi connectivity index (χ2v) is 4.70. The number of hydrogen-bond donors (Lipinski definition) is 0. The smallest absolute Gasteiger partial charge is 0.343 e. The number of ether oxygens (including phenoxy) is 1. The van der Waals surface area contributed by atoms with Gasteiger partial charge in [-0.15, -0.1) is 5.10 Å². The van der Waals surface area contributed by atoms with Gasteiger partial charge in [0, 0.05) is 12.1 Å². The quantitative estimate of drug-likeness (QED) is 0.537. The molecule has 3 aromatic rings. The van der Waals surface area contributed by atoms with E-state index >= 15 is 0 Å². The maximum Gasteiger partial charge on any atom is 0.343 e. The van der Waals surface area contributed by atoms with Gasteiger partial charge in [-0.1, -0.05) is 16.8 Å². The summed E-state index contributed by atoms with van der Waals surface area (Å²) in [6, 6.07) is 11.7. The van der Waals surface area contributed by atoms with Crippen LogP contribution in [0.4, 0.5) is 0 Å². The van der Waals surface area contributed by atoms with Crippen LogP contribution in [0.5, 0.6) is 5.75 Å². The predicted molar refractivity (Wildman–Crippen MR) is 74.9 cm³/mol. The number of halogens is 1. The minimum atomic E-state index is -0.435. The van der Waals surface area contributed by atoms with E-state index in [1.54, 1.807) is 54.2 Å². The molecule has 0 fully saturated rings. The van der Waals surface area contributed by atoms with E-state index in [1.165, 1.54) is 0 Å². The molecule has 0 aliphatic carbocycles. The lowest BCUT2D eigenvalue weighted by Gasteiger charge is -2.04. The fourth-order valence-corrected chi connectivity index (χ4v) is 1.95. The van der Waals surface area contributed by atoms with Gasteiger partial charge in [-0.05, 0) is 42.5 Å². The van der Waals surface area contributed by atoms with E-state index in [-0.39, 0.29) is 0 Å². The standard InChI is InChI=1S/C14H10ClN3O2/c1-18-13-8-9(2-7-12(13)16-17-18)14(19)20-11-5-3-10(15)4-6-11/h2-8H,1H3. The van der Waals surface area contributed by atoms with Gasteiger partial charge in [0.25, 0.3) is 0 Å². The maximum atomic E-state index is 12.1. The summed E-state index contributed by atoms with van der Waals surface area (Å²) in [5.41, 5.74) is 1.95. The summed E-state index contributed by atoms with van der Waals surface area (Å²) < 4.78 is 6.88. The van der Waals surface area contributed by atoms with Crippen molar-refractivity contribution in [3.8, 4) is 5.75 Å². The third-order valence-electron chi connectivity index (χ3n) is 2.87. The predicted octanol–water partition coefficient (Wildman–Crippen LogP) is 2.84. The highest BCUT2D eigenvalue weighted by atomic mass is 35.5. The zero-order chi connectivity index (χ0) is 14.1. The van der Waals surface area contributed by atoms with Crippen LogP contribution in [0.25, 0.3) is 11.0 Å². The van der Waals surface area contributed by atoms with Crippen LogP contribution in [-0.2, 0) is 7.05 Å². The molecule has 5 nitrogen and oxygen atoms in total. The zero-order valence-electron chi connectivity index (χ0n) is 10.6. The summed E-state index contributed by atoms with van der Waals surface area (Å²) in [6.07, 6.45) is 0. The number of benzene rings is 2. The zero-order valence-corrected chi connectivity index (χ0v) is 11.3. The molecule has 0 N–H and O–H groups in total. The average molecular weight is 288 g/mol. The molecule has 0 bridgehead atoms. The van der Waals surface area contributed by atoms with E-state index < -0.39 is 5.97 Å². The van der Waals surface area contributed by atoms with Crippen molar-refractivity contribution in [3.63, 3.8) is 0 Å². The van der Waals surface area contributed by atoms with Gasteiger partial charge in [0.2, 0.25) is 0 Å². The number of hydrogen-bond acceptors (Lipinski definition) is 4. The first-order chi connectivity index (χ1) is 9.63. The van der Waals surface area contributed by atoms with Crippen molar-refractivity contribution >= 4 is 28.6 Å². The fraction of sp³-hybridized carbons (Fsp3) is 0.0714. The highest BCUT2D eigenvalue weighted by Crippen LogP contribution is 2.18. The van der Waals surface area contributed by atoms with E-state index in [0.29, 0.717) is 16.3 Å². The van der Waals surface area contributed by atoms with Gasteiger partial charge in [0.05, 0.1) is 11.1 Å². The van der Waals surface area contributed by atoms with Crippen molar-refractivity contribution in [2.45, 2.75) is 0 Å². The van der Waals surface area contributed by atoms with E-state index in [2.05, 4.69) is 10.3 Å². The van der Waals surface area contributed by atoms with Crippen LogP contribution >= 0.6 is 11.6 Å². The van der Waals surface area contributed by atoms with E-state index in [1.807, 2.05) is 0 Å². The van der Waals surface area contributed by atoms with Crippen molar-refractivity contribution in [1.82, 2.24) is 15.0 Å². The van der Waals surface area contributed by atoms with E-state index in [9.17, 15) is 4.79 Å². The Labute approximate surface area is 119 Å².